The van der Waals surface area contributed by atoms with Crippen LogP contribution in [0.3, 0.4) is 0 Å². The highest BCUT2D eigenvalue weighted by Gasteiger charge is 2.10. The van der Waals surface area contributed by atoms with Crippen LogP contribution in [0.5, 0.6) is 0 Å². The van der Waals surface area contributed by atoms with E-state index in [0.717, 1.165) is 16.6 Å². The SMILES string of the molecule is O=C(CCNC(=O)c1ccccc1)Nc1ccc2nc(-c3ccccc3Cl)[nH]c2c1. The van der Waals surface area contributed by atoms with Gasteiger partial charge in [0.15, 0.2) is 0 Å². The van der Waals surface area contributed by atoms with Gasteiger partial charge < -0.3 is 15.6 Å². The quantitative estimate of drug-likeness (QED) is 0.426. The second kappa shape index (κ2) is 8.80. The smallest absolute Gasteiger partial charge is 0.251 e. The Balaban J connectivity index is 1.37. The fraction of sp³-hybridized carbons (Fsp3) is 0.0870. The van der Waals surface area contributed by atoms with Crippen LogP contribution in [0.25, 0.3) is 22.4 Å². The molecule has 3 aromatic carbocycles. The highest BCUT2D eigenvalue weighted by Crippen LogP contribution is 2.28. The van der Waals surface area contributed by atoms with Crippen LogP contribution < -0.4 is 10.6 Å². The Morgan fingerprint density at radius 2 is 1.73 bits per heavy atom. The third-order valence-electron chi connectivity index (χ3n) is 4.57. The number of halogens is 1. The number of nitrogens with zero attached hydrogens (tertiary/aromatic N) is 1. The van der Waals surface area contributed by atoms with Gasteiger partial charge in [-0.3, -0.25) is 9.59 Å². The normalized spacial score (nSPS) is 10.7. The summed E-state index contributed by atoms with van der Waals surface area (Å²) in [6.45, 7) is 0.252. The molecule has 30 heavy (non-hydrogen) atoms. The van der Waals surface area contributed by atoms with Gasteiger partial charge >= 0.3 is 0 Å². The number of rotatable bonds is 6. The Kier molecular flexibility index (Phi) is 5.77. The average molecular weight is 419 g/mol. The number of carbonyl (C=O) groups excluding carboxylic acids is 2. The zero-order valence-corrected chi connectivity index (χ0v) is 16.7. The van der Waals surface area contributed by atoms with Crippen molar-refractivity contribution in [2.45, 2.75) is 6.42 Å². The topological polar surface area (TPSA) is 86.9 Å². The Hall–Kier alpha value is -3.64. The van der Waals surface area contributed by atoms with Crippen molar-refractivity contribution in [3.8, 4) is 11.4 Å². The van der Waals surface area contributed by atoms with Crippen molar-refractivity contribution in [2.75, 3.05) is 11.9 Å². The van der Waals surface area contributed by atoms with Crippen molar-refractivity contribution in [3.05, 3.63) is 83.4 Å². The monoisotopic (exact) mass is 418 g/mol. The van der Waals surface area contributed by atoms with E-state index in [2.05, 4.69) is 20.6 Å². The summed E-state index contributed by atoms with van der Waals surface area (Å²) in [7, 11) is 0. The third kappa shape index (κ3) is 4.50. The minimum absolute atomic E-state index is 0.171. The fourth-order valence-electron chi connectivity index (χ4n) is 3.07. The van der Waals surface area contributed by atoms with E-state index in [-0.39, 0.29) is 24.8 Å². The molecule has 0 saturated carbocycles. The number of amides is 2. The lowest BCUT2D eigenvalue weighted by atomic mass is 10.2. The molecule has 0 spiro atoms. The average Bonchev–Trinajstić information content (AvgIpc) is 3.17. The molecular formula is C23H19ClN4O2. The molecule has 6 nitrogen and oxygen atoms in total. The van der Waals surface area contributed by atoms with E-state index in [1.807, 2.05) is 42.5 Å². The van der Waals surface area contributed by atoms with Crippen LogP contribution in [0.15, 0.2) is 72.8 Å². The van der Waals surface area contributed by atoms with E-state index in [9.17, 15) is 9.59 Å². The van der Waals surface area contributed by atoms with Gasteiger partial charge in [-0.2, -0.15) is 0 Å². The Morgan fingerprint density at radius 3 is 2.53 bits per heavy atom. The van der Waals surface area contributed by atoms with Gasteiger partial charge in [0, 0.05) is 29.8 Å². The van der Waals surface area contributed by atoms with Crippen LogP contribution in [0.1, 0.15) is 16.8 Å². The maximum absolute atomic E-state index is 12.2. The van der Waals surface area contributed by atoms with Gasteiger partial charge in [-0.1, -0.05) is 41.9 Å². The number of fused-ring (bicyclic) bond motifs is 1. The van der Waals surface area contributed by atoms with Gasteiger partial charge in [0.25, 0.3) is 5.91 Å². The molecule has 0 atom stereocenters. The summed E-state index contributed by atoms with van der Waals surface area (Å²) in [5.74, 6) is 0.283. The van der Waals surface area contributed by atoms with Gasteiger partial charge in [-0.25, -0.2) is 4.98 Å². The molecule has 1 heterocycles. The minimum Gasteiger partial charge on any atom is -0.352 e. The molecule has 0 saturated heterocycles. The van der Waals surface area contributed by atoms with E-state index in [1.54, 1.807) is 30.3 Å². The molecule has 0 bridgehead atoms. The maximum Gasteiger partial charge on any atom is 0.251 e. The van der Waals surface area contributed by atoms with Crippen molar-refractivity contribution >= 4 is 40.1 Å². The van der Waals surface area contributed by atoms with E-state index < -0.39 is 0 Å². The lowest BCUT2D eigenvalue weighted by Gasteiger charge is -2.07. The van der Waals surface area contributed by atoms with Crippen LogP contribution >= 0.6 is 11.6 Å². The van der Waals surface area contributed by atoms with Gasteiger partial charge in [-0.15, -0.1) is 0 Å². The fourth-order valence-corrected chi connectivity index (χ4v) is 3.30. The summed E-state index contributed by atoms with van der Waals surface area (Å²) < 4.78 is 0. The Bertz CT molecular complexity index is 1200. The first-order valence-corrected chi connectivity index (χ1v) is 9.86. The highest BCUT2D eigenvalue weighted by molar-refractivity contribution is 6.33. The first-order valence-electron chi connectivity index (χ1n) is 9.48. The summed E-state index contributed by atoms with van der Waals surface area (Å²) in [6.07, 6.45) is 0.171. The largest absolute Gasteiger partial charge is 0.352 e. The predicted molar refractivity (Wildman–Crippen MR) is 119 cm³/mol. The molecule has 150 valence electrons. The van der Waals surface area contributed by atoms with Gasteiger partial charge in [0.05, 0.1) is 16.1 Å². The summed E-state index contributed by atoms with van der Waals surface area (Å²) in [6, 6.07) is 21.8. The number of benzene rings is 3. The van der Waals surface area contributed by atoms with Crippen molar-refractivity contribution < 1.29 is 9.59 Å². The second-order valence-electron chi connectivity index (χ2n) is 6.72. The van der Waals surface area contributed by atoms with E-state index in [4.69, 9.17) is 11.6 Å². The number of carbonyl (C=O) groups is 2. The third-order valence-corrected chi connectivity index (χ3v) is 4.90. The van der Waals surface area contributed by atoms with Crippen molar-refractivity contribution in [2.24, 2.45) is 0 Å². The number of nitrogens with one attached hydrogen (secondary N) is 3. The zero-order valence-electron chi connectivity index (χ0n) is 16.0. The molecular weight excluding hydrogens is 400 g/mol. The van der Waals surface area contributed by atoms with Crippen LogP contribution in [-0.4, -0.2) is 28.3 Å². The molecule has 0 radical (unpaired) electrons. The number of anilines is 1. The molecule has 0 aliphatic rings. The summed E-state index contributed by atoms with van der Waals surface area (Å²) in [5, 5.41) is 6.20. The molecule has 0 unspecified atom stereocenters. The maximum atomic E-state index is 12.2. The minimum atomic E-state index is -0.200. The molecule has 0 aliphatic carbocycles. The lowest BCUT2D eigenvalue weighted by molar-refractivity contribution is -0.116. The predicted octanol–water partition coefficient (Wildman–Crippen LogP) is 4.64. The number of hydrogen-bond donors (Lipinski definition) is 3. The van der Waals surface area contributed by atoms with E-state index in [0.29, 0.717) is 22.1 Å². The molecule has 7 heteroatoms. The number of aromatic amines is 1. The second-order valence-corrected chi connectivity index (χ2v) is 7.12. The molecule has 3 N–H and O–H groups in total. The van der Waals surface area contributed by atoms with E-state index in [1.165, 1.54) is 0 Å². The number of H-pyrrole nitrogens is 1. The molecule has 4 aromatic rings. The molecule has 4 rings (SSSR count). The zero-order chi connectivity index (χ0) is 20.9. The Labute approximate surface area is 178 Å². The summed E-state index contributed by atoms with van der Waals surface area (Å²) >= 11 is 6.25. The Morgan fingerprint density at radius 1 is 0.967 bits per heavy atom. The standard InChI is InChI=1S/C23H19ClN4O2/c24-18-9-5-4-8-17(18)22-27-19-11-10-16(14-20(19)28-22)26-21(29)12-13-25-23(30)15-6-2-1-3-7-15/h1-11,14H,12-13H2,(H,25,30)(H,26,29)(H,27,28). The first-order chi connectivity index (χ1) is 14.6. The van der Waals surface area contributed by atoms with Gasteiger partial charge in [0.2, 0.25) is 5.91 Å². The molecule has 1 aromatic heterocycles. The number of hydrogen-bond acceptors (Lipinski definition) is 3. The van der Waals surface area contributed by atoms with E-state index >= 15 is 0 Å². The lowest BCUT2D eigenvalue weighted by Crippen LogP contribution is -2.27. The number of aromatic nitrogens is 2. The van der Waals surface area contributed by atoms with Crippen LogP contribution in [-0.2, 0) is 4.79 Å². The van der Waals surface area contributed by atoms with Crippen molar-refractivity contribution in [1.82, 2.24) is 15.3 Å². The summed E-state index contributed by atoms with van der Waals surface area (Å²) in [5.41, 5.74) is 3.60. The van der Waals surface area contributed by atoms with Crippen LogP contribution in [0.4, 0.5) is 5.69 Å². The van der Waals surface area contributed by atoms with Crippen molar-refractivity contribution in [1.29, 1.82) is 0 Å². The summed E-state index contributed by atoms with van der Waals surface area (Å²) in [4.78, 5) is 32.0. The van der Waals surface area contributed by atoms with Gasteiger partial charge in [0.1, 0.15) is 5.82 Å². The number of imidazole rings is 1. The van der Waals surface area contributed by atoms with Gasteiger partial charge in [-0.05, 0) is 42.5 Å². The van der Waals surface area contributed by atoms with Crippen molar-refractivity contribution in [3.63, 3.8) is 0 Å². The molecule has 0 aliphatic heterocycles. The first kappa shape index (κ1) is 19.7. The molecule has 0 fully saturated rings. The highest BCUT2D eigenvalue weighted by atomic mass is 35.5. The van der Waals surface area contributed by atoms with Crippen LogP contribution in [0, 0.1) is 0 Å². The molecule has 2 amide bonds. The van der Waals surface area contributed by atoms with Crippen LogP contribution in [0.2, 0.25) is 5.02 Å².